The first-order valence-electron chi connectivity index (χ1n) is 4.27. The summed E-state index contributed by atoms with van der Waals surface area (Å²) in [4.78, 5) is 10.9. The fraction of sp³-hybridized carbons (Fsp3) is 0.625. The van der Waals surface area contributed by atoms with Gasteiger partial charge >= 0.3 is 12.1 Å². The lowest BCUT2D eigenvalue weighted by Crippen LogP contribution is -2.22. The Morgan fingerprint density at radius 1 is 1.50 bits per heavy atom. The SMILES string of the molecule is CCOC1OC(=O)C(Cl)=C1OCC(F)(F)F. The molecule has 0 aromatic rings. The second-order valence-electron chi connectivity index (χ2n) is 2.77. The number of ether oxygens (including phenoxy) is 3. The molecule has 92 valence electrons. The number of hydrogen-bond donors (Lipinski definition) is 0. The average Bonchev–Trinajstić information content (AvgIpc) is 2.40. The van der Waals surface area contributed by atoms with Crippen LogP contribution in [0.1, 0.15) is 6.92 Å². The molecule has 0 aliphatic carbocycles. The number of rotatable bonds is 4. The third-order valence-electron chi connectivity index (χ3n) is 1.53. The second-order valence-corrected chi connectivity index (χ2v) is 3.15. The van der Waals surface area contributed by atoms with E-state index in [9.17, 15) is 18.0 Å². The summed E-state index contributed by atoms with van der Waals surface area (Å²) in [5, 5.41) is -0.525. The maximum atomic E-state index is 11.9. The van der Waals surface area contributed by atoms with Crippen molar-refractivity contribution in [3.05, 3.63) is 10.8 Å². The number of hydrogen-bond acceptors (Lipinski definition) is 4. The number of carbonyl (C=O) groups excluding carboxylic acids is 1. The van der Waals surface area contributed by atoms with E-state index < -0.39 is 35.8 Å². The maximum absolute atomic E-state index is 11.9. The predicted molar refractivity (Wildman–Crippen MR) is 46.4 cm³/mol. The van der Waals surface area contributed by atoms with Gasteiger partial charge in [-0.15, -0.1) is 0 Å². The second kappa shape index (κ2) is 4.92. The van der Waals surface area contributed by atoms with Crippen molar-refractivity contribution in [2.24, 2.45) is 0 Å². The first-order valence-corrected chi connectivity index (χ1v) is 4.64. The van der Waals surface area contributed by atoms with Crippen LogP contribution in [0.15, 0.2) is 10.8 Å². The van der Waals surface area contributed by atoms with Gasteiger partial charge in [0.25, 0.3) is 6.29 Å². The Bertz CT molecular complexity index is 313. The molecule has 0 aromatic heterocycles. The van der Waals surface area contributed by atoms with E-state index in [4.69, 9.17) is 16.3 Å². The minimum atomic E-state index is -4.52. The fourth-order valence-electron chi connectivity index (χ4n) is 0.959. The van der Waals surface area contributed by atoms with Crippen LogP contribution in [0.4, 0.5) is 13.2 Å². The molecule has 4 nitrogen and oxygen atoms in total. The molecule has 0 saturated carbocycles. The lowest BCUT2D eigenvalue weighted by molar-refractivity contribution is -0.183. The number of halogens is 4. The van der Waals surface area contributed by atoms with Crippen molar-refractivity contribution in [3.8, 4) is 0 Å². The molecule has 1 aliphatic heterocycles. The van der Waals surface area contributed by atoms with Gasteiger partial charge in [0.15, 0.2) is 17.4 Å². The zero-order valence-corrected chi connectivity index (χ0v) is 8.89. The van der Waals surface area contributed by atoms with E-state index in [0.29, 0.717) is 0 Å². The molecular formula is C8H8ClF3O4. The van der Waals surface area contributed by atoms with E-state index in [-0.39, 0.29) is 6.61 Å². The van der Waals surface area contributed by atoms with Crippen LogP contribution < -0.4 is 0 Å². The molecule has 0 fully saturated rings. The lowest BCUT2D eigenvalue weighted by Gasteiger charge is -2.15. The van der Waals surface area contributed by atoms with Gasteiger partial charge in [-0.2, -0.15) is 13.2 Å². The van der Waals surface area contributed by atoms with Crippen LogP contribution in [0.2, 0.25) is 0 Å². The Morgan fingerprint density at radius 2 is 2.12 bits per heavy atom. The zero-order valence-electron chi connectivity index (χ0n) is 8.14. The summed E-state index contributed by atoms with van der Waals surface area (Å²) >= 11 is 5.42. The normalized spacial score (nSPS) is 21.3. The van der Waals surface area contributed by atoms with E-state index in [2.05, 4.69) is 9.47 Å². The Hall–Kier alpha value is -0.950. The monoisotopic (exact) mass is 260 g/mol. The molecule has 8 heteroatoms. The molecule has 0 spiro atoms. The van der Waals surface area contributed by atoms with Crippen LogP contribution in [0.5, 0.6) is 0 Å². The molecule has 0 N–H and O–H groups in total. The zero-order chi connectivity index (χ0) is 12.3. The van der Waals surface area contributed by atoms with E-state index in [0.717, 1.165) is 0 Å². The largest absolute Gasteiger partial charge is 0.480 e. The molecule has 0 aromatic carbocycles. The highest BCUT2D eigenvalue weighted by molar-refractivity contribution is 6.42. The van der Waals surface area contributed by atoms with Gasteiger partial charge in [0.1, 0.15) is 0 Å². The van der Waals surface area contributed by atoms with Crippen LogP contribution in [0.3, 0.4) is 0 Å². The van der Waals surface area contributed by atoms with Crippen molar-refractivity contribution < 1.29 is 32.2 Å². The number of cyclic esters (lactones) is 1. The Balaban J connectivity index is 2.69. The summed E-state index contributed by atoms with van der Waals surface area (Å²) in [6.45, 7) is 0.168. The molecule has 0 radical (unpaired) electrons. The van der Waals surface area contributed by atoms with Gasteiger partial charge in [0, 0.05) is 6.61 Å². The topological polar surface area (TPSA) is 44.8 Å². The van der Waals surface area contributed by atoms with E-state index in [1.165, 1.54) is 0 Å². The van der Waals surface area contributed by atoms with Gasteiger partial charge in [-0.1, -0.05) is 11.6 Å². The van der Waals surface area contributed by atoms with Crippen LogP contribution in [0.25, 0.3) is 0 Å². The Morgan fingerprint density at radius 3 is 2.62 bits per heavy atom. The summed E-state index contributed by atoms with van der Waals surface area (Å²) in [6.07, 6.45) is -5.82. The van der Waals surface area contributed by atoms with Crippen LogP contribution in [-0.4, -0.2) is 31.6 Å². The van der Waals surface area contributed by atoms with Gasteiger partial charge in [0.2, 0.25) is 0 Å². The highest BCUT2D eigenvalue weighted by Gasteiger charge is 2.38. The number of alkyl halides is 3. The minimum Gasteiger partial charge on any atom is -0.480 e. The minimum absolute atomic E-state index is 0.140. The van der Waals surface area contributed by atoms with E-state index in [1.54, 1.807) is 6.92 Å². The number of carbonyl (C=O) groups is 1. The molecule has 0 amide bonds. The van der Waals surface area contributed by atoms with Crippen LogP contribution in [-0.2, 0) is 19.0 Å². The third kappa shape index (κ3) is 3.28. The van der Waals surface area contributed by atoms with Gasteiger partial charge in [-0.05, 0) is 6.92 Å². The maximum Gasteiger partial charge on any atom is 0.422 e. The molecule has 1 rings (SSSR count). The first-order chi connectivity index (χ1) is 7.35. The predicted octanol–water partition coefficient (Wildman–Crippen LogP) is 1.94. The van der Waals surface area contributed by atoms with Gasteiger partial charge in [-0.25, -0.2) is 4.79 Å². The van der Waals surface area contributed by atoms with Crippen molar-refractivity contribution in [1.82, 2.24) is 0 Å². The quantitative estimate of drug-likeness (QED) is 0.725. The standard InChI is InChI=1S/C8H8ClF3O4/c1-2-14-7-5(4(9)6(13)16-7)15-3-8(10,11)12/h7H,2-3H2,1H3. The summed E-state index contributed by atoms with van der Waals surface area (Å²) in [5.74, 6) is -1.40. The van der Waals surface area contributed by atoms with Crippen molar-refractivity contribution >= 4 is 17.6 Å². The van der Waals surface area contributed by atoms with Crippen molar-refractivity contribution in [2.75, 3.05) is 13.2 Å². The number of esters is 1. The summed E-state index contributed by atoms with van der Waals surface area (Å²) in [6, 6.07) is 0. The van der Waals surface area contributed by atoms with Gasteiger partial charge in [0.05, 0.1) is 0 Å². The molecule has 1 heterocycles. The molecule has 1 atom stereocenters. The third-order valence-corrected chi connectivity index (χ3v) is 1.87. The smallest absolute Gasteiger partial charge is 0.422 e. The van der Waals surface area contributed by atoms with Gasteiger partial charge in [-0.3, -0.25) is 0 Å². The summed E-state index contributed by atoms with van der Waals surface area (Å²) < 4.78 is 49.4. The Kier molecular flexibility index (Phi) is 4.03. The van der Waals surface area contributed by atoms with E-state index >= 15 is 0 Å². The molecule has 0 saturated heterocycles. The van der Waals surface area contributed by atoms with Crippen molar-refractivity contribution in [1.29, 1.82) is 0 Å². The molecule has 16 heavy (non-hydrogen) atoms. The van der Waals surface area contributed by atoms with Crippen LogP contribution >= 0.6 is 11.6 Å². The Labute approximate surface area is 93.9 Å². The van der Waals surface area contributed by atoms with E-state index in [1.807, 2.05) is 0 Å². The molecular weight excluding hydrogens is 253 g/mol. The highest BCUT2D eigenvalue weighted by atomic mass is 35.5. The van der Waals surface area contributed by atoms with Crippen LogP contribution in [0, 0.1) is 0 Å². The molecule has 1 unspecified atom stereocenters. The van der Waals surface area contributed by atoms with Crippen molar-refractivity contribution in [3.63, 3.8) is 0 Å². The van der Waals surface area contributed by atoms with Gasteiger partial charge < -0.3 is 14.2 Å². The molecule has 0 bridgehead atoms. The van der Waals surface area contributed by atoms with Crippen molar-refractivity contribution in [2.45, 2.75) is 19.4 Å². The average molecular weight is 261 g/mol. The summed E-state index contributed by atoms with van der Waals surface area (Å²) in [7, 11) is 0. The highest BCUT2D eigenvalue weighted by Crippen LogP contribution is 2.29. The fourth-order valence-corrected chi connectivity index (χ4v) is 1.15. The lowest BCUT2D eigenvalue weighted by atomic mass is 10.4. The molecule has 1 aliphatic rings. The first kappa shape index (κ1) is 13.1. The summed E-state index contributed by atoms with van der Waals surface area (Å²) in [5.41, 5.74) is 0.